The minimum Gasteiger partial charge on any atom is -0.468 e. The Bertz CT molecular complexity index is 363. The van der Waals surface area contributed by atoms with Crippen molar-refractivity contribution in [3.63, 3.8) is 0 Å². The number of esters is 1. The van der Waals surface area contributed by atoms with Gasteiger partial charge < -0.3 is 15.0 Å². The zero-order valence-electron chi connectivity index (χ0n) is 10.4. The van der Waals surface area contributed by atoms with E-state index in [1.807, 2.05) is 18.3 Å². The van der Waals surface area contributed by atoms with Gasteiger partial charge in [0.1, 0.15) is 6.04 Å². The summed E-state index contributed by atoms with van der Waals surface area (Å²) in [6.45, 7) is 6.33. The molecule has 4 heteroatoms. The Morgan fingerprint density at radius 3 is 2.69 bits per heavy atom. The molecule has 16 heavy (non-hydrogen) atoms. The lowest BCUT2D eigenvalue weighted by Crippen LogP contribution is -2.35. The molecule has 90 valence electrons. The summed E-state index contributed by atoms with van der Waals surface area (Å²) in [5.74, 6) is -0.373. The largest absolute Gasteiger partial charge is 0.468 e. The van der Waals surface area contributed by atoms with Crippen LogP contribution >= 0.6 is 0 Å². The quantitative estimate of drug-likeness (QED) is 0.787. The number of aromatic nitrogens is 1. The fraction of sp³-hybridized carbons (Fsp3) is 0.583. The molecule has 1 aromatic heterocycles. The molecule has 2 N–H and O–H groups in total. The van der Waals surface area contributed by atoms with Gasteiger partial charge in [0, 0.05) is 23.9 Å². The van der Waals surface area contributed by atoms with E-state index in [-0.39, 0.29) is 11.5 Å². The average Bonchev–Trinajstić information content (AvgIpc) is 2.63. The second-order valence-corrected chi connectivity index (χ2v) is 4.87. The lowest BCUT2D eigenvalue weighted by Gasteiger charge is -2.25. The summed E-state index contributed by atoms with van der Waals surface area (Å²) >= 11 is 0. The van der Waals surface area contributed by atoms with Crippen LogP contribution in [0.3, 0.4) is 0 Å². The summed E-state index contributed by atoms with van der Waals surface area (Å²) < 4.78 is 6.73. The van der Waals surface area contributed by atoms with Crippen molar-refractivity contribution in [2.24, 2.45) is 5.73 Å². The Morgan fingerprint density at radius 1 is 1.56 bits per heavy atom. The van der Waals surface area contributed by atoms with Gasteiger partial charge >= 0.3 is 5.97 Å². The zero-order valence-corrected chi connectivity index (χ0v) is 10.4. The van der Waals surface area contributed by atoms with E-state index in [1.165, 1.54) is 7.11 Å². The van der Waals surface area contributed by atoms with Crippen molar-refractivity contribution < 1.29 is 9.53 Å². The highest BCUT2D eigenvalue weighted by molar-refractivity contribution is 5.75. The van der Waals surface area contributed by atoms with E-state index in [4.69, 9.17) is 5.73 Å². The molecule has 1 rings (SSSR count). The Balaban J connectivity index is 2.83. The first-order chi connectivity index (χ1) is 7.36. The standard InChI is InChI=1S/C12H20N2O2/c1-12(2,3)14-7-5-6-9(14)8-10(13)11(15)16-4/h5-7,10H,8,13H2,1-4H3. The molecule has 0 fully saturated rings. The normalized spacial score (nSPS) is 13.6. The van der Waals surface area contributed by atoms with E-state index < -0.39 is 6.04 Å². The number of rotatable bonds is 3. The molecule has 0 aromatic carbocycles. The first kappa shape index (κ1) is 12.8. The summed E-state index contributed by atoms with van der Waals surface area (Å²) in [6, 6.07) is 3.35. The predicted octanol–water partition coefficient (Wildman–Crippen LogP) is 1.29. The third-order valence-corrected chi connectivity index (χ3v) is 2.49. The minimum atomic E-state index is -0.596. The molecule has 0 aliphatic rings. The second-order valence-electron chi connectivity index (χ2n) is 4.87. The number of methoxy groups -OCH3 is 1. The monoisotopic (exact) mass is 224 g/mol. The molecule has 0 amide bonds. The molecule has 1 heterocycles. The summed E-state index contributed by atoms with van der Waals surface area (Å²) in [5, 5.41) is 0. The van der Waals surface area contributed by atoms with Gasteiger partial charge in [0.2, 0.25) is 0 Å². The van der Waals surface area contributed by atoms with Gasteiger partial charge in [-0.25, -0.2) is 0 Å². The van der Waals surface area contributed by atoms with E-state index in [9.17, 15) is 4.79 Å². The first-order valence-electron chi connectivity index (χ1n) is 5.36. The van der Waals surface area contributed by atoms with Gasteiger partial charge in [0.05, 0.1) is 7.11 Å². The zero-order chi connectivity index (χ0) is 12.3. The first-order valence-corrected chi connectivity index (χ1v) is 5.36. The van der Waals surface area contributed by atoms with Gasteiger partial charge in [-0.3, -0.25) is 4.79 Å². The number of carbonyl (C=O) groups is 1. The number of ether oxygens (including phenoxy) is 1. The van der Waals surface area contributed by atoms with Crippen LogP contribution in [0.15, 0.2) is 18.3 Å². The summed E-state index contributed by atoms with van der Waals surface area (Å²) in [5.41, 5.74) is 6.78. The molecular weight excluding hydrogens is 204 g/mol. The van der Waals surface area contributed by atoms with Gasteiger partial charge in [-0.05, 0) is 32.9 Å². The van der Waals surface area contributed by atoms with Crippen LogP contribution in [0.25, 0.3) is 0 Å². The van der Waals surface area contributed by atoms with Crippen LogP contribution in [-0.2, 0) is 21.5 Å². The SMILES string of the molecule is COC(=O)C(N)Cc1cccn1C(C)(C)C. The van der Waals surface area contributed by atoms with E-state index in [0.717, 1.165) is 5.69 Å². The van der Waals surface area contributed by atoms with Crippen molar-refractivity contribution in [1.82, 2.24) is 4.57 Å². The second kappa shape index (κ2) is 4.70. The molecule has 1 aromatic rings. The molecule has 0 spiro atoms. The fourth-order valence-corrected chi connectivity index (χ4v) is 1.70. The summed E-state index contributed by atoms with van der Waals surface area (Å²) in [6.07, 6.45) is 2.50. The smallest absolute Gasteiger partial charge is 0.323 e. The van der Waals surface area contributed by atoms with Crippen molar-refractivity contribution in [2.45, 2.75) is 38.8 Å². The molecule has 0 saturated carbocycles. The summed E-state index contributed by atoms with van der Waals surface area (Å²) in [7, 11) is 1.35. The Labute approximate surface area is 96.4 Å². The van der Waals surface area contributed by atoms with Crippen molar-refractivity contribution >= 4 is 5.97 Å². The molecule has 0 radical (unpaired) electrons. The van der Waals surface area contributed by atoms with Gasteiger partial charge in [-0.15, -0.1) is 0 Å². The van der Waals surface area contributed by atoms with Crippen molar-refractivity contribution in [1.29, 1.82) is 0 Å². The Hall–Kier alpha value is -1.29. The van der Waals surface area contributed by atoms with Gasteiger partial charge in [-0.1, -0.05) is 0 Å². The Morgan fingerprint density at radius 2 is 2.19 bits per heavy atom. The van der Waals surface area contributed by atoms with Gasteiger partial charge in [0.25, 0.3) is 0 Å². The summed E-state index contributed by atoms with van der Waals surface area (Å²) in [4.78, 5) is 11.2. The molecule has 0 bridgehead atoms. The van der Waals surface area contributed by atoms with Gasteiger partial charge in [0.15, 0.2) is 0 Å². The van der Waals surface area contributed by atoms with Crippen LogP contribution < -0.4 is 5.73 Å². The van der Waals surface area contributed by atoms with Crippen LogP contribution in [0.2, 0.25) is 0 Å². The molecular formula is C12H20N2O2. The van der Waals surface area contributed by atoms with Crippen molar-refractivity contribution in [3.8, 4) is 0 Å². The third-order valence-electron chi connectivity index (χ3n) is 2.49. The lowest BCUT2D eigenvalue weighted by molar-refractivity contribution is -0.142. The van der Waals surface area contributed by atoms with Crippen LogP contribution in [0.5, 0.6) is 0 Å². The molecule has 4 nitrogen and oxygen atoms in total. The average molecular weight is 224 g/mol. The Kier molecular flexibility index (Phi) is 3.75. The van der Waals surface area contributed by atoms with E-state index in [2.05, 4.69) is 30.1 Å². The third kappa shape index (κ3) is 2.85. The van der Waals surface area contributed by atoms with E-state index in [1.54, 1.807) is 0 Å². The number of carbonyl (C=O) groups excluding carboxylic acids is 1. The lowest BCUT2D eigenvalue weighted by atomic mass is 10.1. The number of hydrogen-bond donors (Lipinski definition) is 1. The number of nitrogens with zero attached hydrogens (tertiary/aromatic N) is 1. The van der Waals surface area contributed by atoms with E-state index in [0.29, 0.717) is 6.42 Å². The highest BCUT2D eigenvalue weighted by atomic mass is 16.5. The molecule has 0 aliphatic heterocycles. The molecule has 0 saturated heterocycles. The maximum Gasteiger partial charge on any atom is 0.323 e. The topological polar surface area (TPSA) is 57.2 Å². The highest BCUT2D eigenvalue weighted by Crippen LogP contribution is 2.18. The maximum atomic E-state index is 11.2. The molecule has 0 aliphatic carbocycles. The van der Waals surface area contributed by atoms with E-state index >= 15 is 0 Å². The van der Waals surface area contributed by atoms with Gasteiger partial charge in [-0.2, -0.15) is 0 Å². The predicted molar refractivity (Wildman–Crippen MR) is 63.1 cm³/mol. The highest BCUT2D eigenvalue weighted by Gasteiger charge is 2.20. The molecule has 1 unspecified atom stereocenters. The molecule has 1 atom stereocenters. The van der Waals surface area contributed by atoms with Crippen LogP contribution in [0.4, 0.5) is 0 Å². The minimum absolute atomic E-state index is 0.00528. The maximum absolute atomic E-state index is 11.2. The fourth-order valence-electron chi connectivity index (χ4n) is 1.70. The van der Waals surface area contributed by atoms with Crippen LogP contribution in [0.1, 0.15) is 26.5 Å². The van der Waals surface area contributed by atoms with Crippen LogP contribution in [-0.4, -0.2) is 23.7 Å². The van der Waals surface area contributed by atoms with Crippen molar-refractivity contribution in [2.75, 3.05) is 7.11 Å². The number of nitrogens with two attached hydrogens (primary N) is 1. The number of hydrogen-bond acceptors (Lipinski definition) is 3. The van der Waals surface area contributed by atoms with Crippen molar-refractivity contribution in [3.05, 3.63) is 24.0 Å². The van der Waals surface area contributed by atoms with Crippen LogP contribution in [0, 0.1) is 0 Å².